The minimum atomic E-state index is -0.928. The van der Waals surface area contributed by atoms with E-state index in [9.17, 15) is 24.3 Å². The van der Waals surface area contributed by atoms with Crippen LogP contribution in [0.5, 0.6) is 5.75 Å². The van der Waals surface area contributed by atoms with E-state index in [0.29, 0.717) is 45.8 Å². The number of carboxylic acid groups (broad SMARTS) is 1. The number of carbonyl (C=O) groups excluding carboxylic acids is 3. The number of rotatable bonds is 12. The summed E-state index contributed by atoms with van der Waals surface area (Å²) in [6, 6.07) is 12.7. The first-order valence-corrected chi connectivity index (χ1v) is 15.6. The monoisotopic (exact) mass is 605 g/mol. The Morgan fingerprint density at radius 1 is 1.14 bits per heavy atom. The summed E-state index contributed by atoms with van der Waals surface area (Å²) in [5.41, 5.74) is 9.57. The summed E-state index contributed by atoms with van der Waals surface area (Å²) in [5, 5.41) is 10.6. The highest BCUT2D eigenvalue weighted by Crippen LogP contribution is 2.41. The molecule has 2 aromatic carbocycles. The third-order valence-electron chi connectivity index (χ3n) is 9.23. The van der Waals surface area contributed by atoms with Crippen molar-refractivity contribution in [3.63, 3.8) is 0 Å². The van der Waals surface area contributed by atoms with E-state index in [1.165, 1.54) is 7.05 Å². The number of ether oxygens (including phenoxy) is 1. The molecule has 0 aromatic heterocycles. The number of benzene rings is 2. The number of carbonyl (C=O) groups is 4. The number of nitrogens with two attached hydrogens (primary N) is 1. The molecule has 3 atom stereocenters. The Morgan fingerprint density at radius 2 is 1.95 bits per heavy atom. The van der Waals surface area contributed by atoms with Crippen LogP contribution in [0.15, 0.2) is 42.5 Å². The molecule has 0 radical (unpaired) electrons. The summed E-state index contributed by atoms with van der Waals surface area (Å²) in [4.78, 5) is 58.3. The Morgan fingerprint density at radius 3 is 2.70 bits per heavy atom. The molecule has 0 aliphatic carbocycles. The van der Waals surface area contributed by atoms with Crippen LogP contribution >= 0.6 is 0 Å². The number of hydrogen-bond acceptors (Lipinski definition) is 7. The standard InChI is InChI=1S/C33H43N5O6/c1-3-4-13-38(25-7-5-6-22(17-25)19-34)30(40)21-37-20-26(23-8-9-28-24(18-23)12-16-44-28)31(32(41)42)27(37)10-14-36-15-11-29(39)35(2)33(36)43/h5-9,17-18,26-27,31H,3-4,10-16,19-21,34H2,1-2H3,(H,41,42)/t26-,27+,31-/m1/s1. The molecule has 44 heavy (non-hydrogen) atoms. The van der Waals surface area contributed by atoms with Gasteiger partial charge in [-0.25, -0.2) is 4.79 Å². The first-order chi connectivity index (χ1) is 21.2. The van der Waals surface area contributed by atoms with Crippen molar-refractivity contribution >= 4 is 29.5 Å². The number of hydrogen-bond donors (Lipinski definition) is 2. The van der Waals surface area contributed by atoms with Crippen molar-refractivity contribution in [3.05, 3.63) is 59.2 Å². The third-order valence-corrected chi connectivity index (χ3v) is 9.23. The van der Waals surface area contributed by atoms with Crippen LogP contribution in [0.3, 0.4) is 0 Å². The smallest absolute Gasteiger partial charge is 0.326 e. The fraction of sp³-hybridized carbons (Fsp3) is 0.515. The van der Waals surface area contributed by atoms with Gasteiger partial charge in [-0.1, -0.05) is 37.6 Å². The van der Waals surface area contributed by atoms with Gasteiger partial charge in [0, 0.05) is 70.3 Å². The quantitative estimate of drug-likeness (QED) is 0.377. The van der Waals surface area contributed by atoms with Crippen molar-refractivity contribution in [1.29, 1.82) is 0 Å². The van der Waals surface area contributed by atoms with E-state index in [4.69, 9.17) is 10.5 Å². The lowest BCUT2D eigenvalue weighted by molar-refractivity contribution is -0.143. The molecule has 3 heterocycles. The zero-order valence-corrected chi connectivity index (χ0v) is 25.6. The Labute approximate surface area is 258 Å². The normalized spacial score (nSPS) is 21.8. The van der Waals surface area contributed by atoms with Crippen molar-refractivity contribution in [2.45, 2.75) is 57.5 Å². The van der Waals surface area contributed by atoms with Crippen molar-refractivity contribution in [1.82, 2.24) is 14.7 Å². The van der Waals surface area contributed by atoms with Crippen molar-refractivity contribution < 1.29 is 29.0 Å². The van der Waals surface area contributed by atoms with Crippen LogP contribution in [0.1, 0.15) is 55.2 Å². The number of amides is 4. The van der Waals surface area contributed by atoms with E-state index in [1.54, 1.807) is 9.80 Å². The fourth-order valence-corrected chi connectivity index (χ4v) is 6.76. The highest BCUT2D eigenvalue weighted by molar-refractivity contribution is 5.96. The number of imide groups is 1. The predicted octanol–water partition coefficient (Wildman–Crippen LogP) is 3.06. The first kappa shape index (κ1) is 31.5. The lowest BCUT2D eigenvalue weighted by Gasteiger charge is -2.34. The number of likely N-dealkylation sites (tertiary alicyclic amines) is 1. The number of nitrogens with zero attached hydrogens (tertiary/aromatic N) is 4. The maximum absolute atomic E-state index is 14.0. The zero-order chi connectivity index (χ0) is 31.4. The van der Waals surface area contributed by atoms with Gasteiger partial charge in [-0.05, 0) is 47.7 Å². The molecular weight excluding hydrogens is 562 g/mol. The number of carboxylic acids is 1. The van der Waals surface area contributed by atoms with E-state index in [-0.39, 0.29) is 36.7 Å². The average molecular weight is 606 g/mol. The van der Waals surface area contributed by atoms with Crippen LogP contribution in [-0.2, 0) is 27.3 Å². The molecule has 11 nitrogen and oxygen atoms in total. The SMILES string of the molecule is CCCCN(C(=O)CN1C[C@H](c2ccc3c(c2)CCO3)[C@@H](C(=O)O)[C@@H]1CCN1CCC(=O)N(C)C1=O)c1cccc(CN)c1. The van der Waals surface area contributed by atoms with Gasteiger partial charge in [0.2, 0.25) is 11.8 Å². The number of fused-ring (bicyclic) bond motifs is 1. The Hall–Kier alpha value is -3.96. The van der Waals surface area contributed by atoms with Crippen molar-refractivity contribution in [3.8, 4) is 5.75 Å². The predicted molar refractivity (Wildman–Crippen MR) is 165 cm³/mol. The molecule has 0 unspecified atom stereocenters. The third kappa shape index (κ3) is 6.58. The summed E-state index contributed by atoms with van der Waals surface area (Å²) in [6.45, 7) is 4.61. The van der Waals surface area contributed by atoms with E-state index < -0.39 is 17.9 Å². The number of aliphatic carboxylic acids is 1. The van der Waals surface area contributed by atoms with Crippen LogP contribution in [0, 0.1) is 5.92 Å². The first-order valence-electron chi connectivity index (χ1n) is 15.6. The highest BCUT2D eigenvalue weighted by atomic mass is 16.5. The van der Waals surface area contributed by atoms with Crippen molar-refractivity contribution in [2.75, 3.05) is 51.3 Å². The molecule has 3 aliphatic rings. The maximum Gasteiger partial charge on any atom is 0.326 e. The largest absolute Gasteiger partial charge is 0.493 e. The Balaban J connectivity index is 1.43. The molecule has 0 spiro atoms. The zero-order valence-electron chi connectivity index (χ0n) is 25.6. The summed E-state index contributed by atoms with van der Waals surface area (Å²) in [5.74, 6) is -1.56. The molecule has 3 aliphatic heterocycles. The van der Waals surface area contributed by atoms with E-state index in [2.05, 4.69) is 6.92 Å². The molecule has 4 amide bonds. The van der Waals surface area contributed by atoms with E-state index in [0.717, 1.165) is 52.3 Å². The lowest BCUT2D eigenvalue weighted by atomic mass is 9.83. The highest BCUT2D eigenvalue weighted by Gasteiger charge is 2.47. The minimum Gasteiger partial charge on any atom is -0.493 e. The second-order valence-corrected chi connectivity index (χ2v) is 12.0. The molecule has 5 rings (SSSR count). The van der Waals surface area contributed by atoms with Gasteiger partial charge in [0.15, 0.2) is 0 Å². The molecule has 0 saturated carbocycles. The van der Waals surface area contributed by atoms with Gasteiger partial charge in [-0.3, -0.25) is 24.2 Å². The molecule has 2 aromatic rings. The number of anilines is 1. The maximum atomic E-state index is 14.0. The minimum absolute atomic E-state index is 0.0436. The van der Waals surface area contributed by atoms with Crippen LogP contribution < -0.4 is 15.4 Å². The van der Waals surface area contributed by atoms with Crippen LogP contribution in [0.2, 0.25) is 0 Å². The second kappa shape index (κ2) is 13.8. The van der Waals surface area contributed by atoms with Gasteiger partial charge in [0.05, 0.1) is 19.1 Å². The van der Waals surface area contributed by atoms with E-state index >= 15 is 0 Å². The lowest BCUT2D eigenvalue weighted by Crippen LogP contribution is -2.52. The number of unbranched alkanes of at least 4 members (excludes halogenated alkanes) is 1. The van der Waals surface area contributed by atoms with Gasteiger partial charge in [0.25, 0.3) is 0 Å². The summed E-state index contributed by atoms with van der Waals surface area (Å²) in [6.07, 6.45) is 3.10. The van der Waals surface area contributed by atoms with Gasteiger partial charge >= 0.3 is 12.0 Å². The van der Waals surface area contributed by atoms with Crippen LogP contribution in [0.25, 0.3) is 0 Å². The topological polar surface area (TPSA) is 137 Å². The van der Waals surface area contributed by atoms with Gasteiger partial charge in [0.1, 0.15) is 5.75 Å². The van der Waals surface area contributed by atoms with Crippen LogP contribution in [0.4, 0.5) is 10.5 Å². The summed E-state index contributed by atoms with van der Waals surface area (Å²) in [7, 11) is 1.47. The molecular formula is C33H43N5O6. The molecule has 3 N–H and O–H groups in total. The van der Waals surface area contributed by atoms with Gasteiger partial charge < -0.3 is 25.4 Å². The molecule has 11 heteroatoms. The van der Waals surface area contributed by atoms with Crippen LogP contribution in [-0.4, -0.2) is 96.0 Å². The molecule has 0 bridgehead atoms. The van der Waals surface area contributed by atoms with Crippen molar-refractivity contribution in [2.24, 2.45) is 11.7 Å². The molecule has 2 saturated heterocycles. The van der Waals surface area contributed by atoms with Gasteiger partial charge in [-0.15, -0.1) is 0 Å². The molecule has 236 valence electrons. The summed E-state index contributed by atoms with van der Waals surface area (Å²) >= 11 is 0. The van der Waals surface area contributed by atoms with E-state index in [1.807, 2.05) is 47.4 Å². The second-order valence-electron chi connectivity index (χ2n) is 12.0. The summed E-state index contributed by atoms with van der Waals surface area (Å²) < 4.78 is 5.68. The molecule has 2 fully saturated rings. The number of urea groups is 1. The fourth-order valence-electron chi connectivity index (χ4n) is 6.76. The Bertz CT molecular complexity index is 1400. The van der Waals surface area contributed by atoms with Gasteiger partial charge in [-0.2, -0.15) is 0 Å². The Kier molecular flexibility index (Phi) is 9.85. The average Bonchev–Trinajstić information content (AvgIpc) is 3.64.